The van der Waals surface area contributed by atoms with E-state index in [4.69, 9.17) is 11.6 Å². The van der Waals surface area contributed by atoms with E-state index in [0.29, 0.717) is 6.04 Å². The monoisotopic (exact) mass is 316 g/mol. The summed E-state index contributed by atoms with van der Waals surface area (Å²) >= 11 is 9.24. The molecular formula is C13H18BrClN2. The summed E-state index contributed by atoms with van der Waals surface area (Å²) < 4.78 is 1.06. The second kappa shape index (κ2) is 6.72. The van der Waals surface area contributed by atoms with Crippen molar-refractivity contribution < 1.29 is 0 Å². The minimum Gasteiger partial charge on any atom is -0.296 e. The number of nitrogens with zero attached hydrogens (tertiary/aromatic N) is 2. The van der Waals surface area contributed by atoms with Gasteiger partial charge in [0.15, 0.2) is 0 Å². The standard InChI is InChI=1S/C13H18BrClN2/c14-12-7-11(8-16-9-12)10-17-6-2-4-13(17)3-1-5-15/h7-9,13H,1-6,10H2. The number of alkyl halides is 1. The van der Waals surface area contributed by atoms with Gasteiger partial charge in [0.05, 0.1) is 0 Å². The zero-order chi connectivity index (χ0) is 12.1. The first kappa shape index (κ1) is 13.3. The van der Waals surface area contributed by atoms with Crippen LogP contribution in [-0.4, -0.2) is 28.4 Å². The van der Waals surface area contributed by atoms with Crippen molar-refractivity contribution in [2.75, 3.05) is 12.4 Å². The number of likely N-dealkylation sites (tertiary alicyclic amines) is 1. The fourth-order valence-corrected chi connectivity index (χ4v) is 3.09. The van der Waals surface area contributed by atoms with Crippen LogP contribution < -0.4 is 0 Å². The first-order valence-corrected chi connectivity index (χ1v) is 7.52. The van der Waals surface area contributed by atoms with Crippen LogP contribution in [0.5, 0.6) is 0 Å². The molecule has 0 radical (unpaired) electrons. The highest BCUT2D eigenvalue weighted by Gasteiger charge is 2.23. The maximum atomic E-state index is 5.77. The third-order valence-corrected chi connectivity index (χ3v) is 4.02. The number of hydrogen-bond acceptors (Lipinski definition) is 2. The van der Waals surface area contributed by atoms with Crippen molar-refractivity contribution in [1.29, 1.82) is 0 Å². The molecule has 1 aromatic heterocycles. The summed E-state index contributed by atoms with van der Waals surface area (Å²) in [6.07, 6.45) is 8.78. The Morgan fingerprint density at radius 3 is 3.12 bits per heavy atom. The van der Waals surface area contributed by atoms with Gasteiger partial charge in [0.1, 0.15) is 0 Å². The van der Waals surface area contributed by atoms with Gasteiger partial charge in [-0.25, -0.2) is 0 Å². The molecule has 2 rings (SSSR count). The Kier molecular flexibility index (Phi) is 5.26. The van der Waals surface area contributed by atoms with Gasteiger partial charge in [-0.2, -0.15) is 0 Å². The van der Waals surface area contributed by atoms with Crippen LogP contribution in [0.25, 0.3) is 0 Å². The molecule has 0 bridgehead atoms. The first-order valence-electron chi connectivity index (χ1n) is 6.19. The maximum absolute atomic E-state index is 5.77. The van der Waals surface area contributed by atoms with Crippen molar-refractivity contribution in [2.24, 2.45) is 0 Å². The Bertz CT molecular complexity index is 359. The molecule has 1 atom stereocenters. The summed E-state index contributed by atoms with van der Waals surface area (Å²) in [5.74, 6) is 0.781. The molecule has 4 heteroatoms. The predicted molar refractivity (Wildman–Crippen MR) is 75.3 cm³/mol. The Labute approximate surface area is 116 Å². The Morgan fingerprint density at radius 2 is 2.35 bits per heavy atom. The molecule has 1 unspecified atom stereocenters. The van der Waals surface area contributed by atoms with E-state index in [1.807, 2.05) is 12.4 Å². The van der Waals surface area contributed by atoms with Crippen molar-refractivity contribution >= 4 is 27.5 Å². The predicted octanol–water partition coefficient (Wildman–Crippen LogP) is 3.83. The zero-order valence-electron chi connectivity index (χ0n) is 9.91. The van der Waals surface area contributed by atoms with Gasteiger partial charge in [-0.1, -0.05) is 0 Å². The number of rotatable bonds is 5. The third kappa shape index (κ3) is 3.94. The van der Waals surface area contributed by atoms with Crippen molar-refractivity contribution in [3.05, 3.63) is 28.5 Å². The van der Waals surface area contributed by atoms with Crippen molar-refractivity contribution in [2.45, 2.75) is 38.3 Å². The van der Waals surface area contributed by atoms with Gasteiger partial charge >= 0.3 is 0 Å². The lowest BCUT2D eigenvalue weighted by atomic mass is 10.1. The Hall–Kier alpha value is -0.120. The van der Waals surface area contributed by atoms with Crippen LogP contribution in [-0.2, 0) is 6.54 Å². The lowest BCUT2D eigenvalue weighted by molar-refractivity contribution is 0.233. The molecule has 1 aliphatic rings. The van der Waals surface area contributed by atoms with Crippen molar-refractivity contribution in [3.63, 3.8) is 0 Å². The normalized spacial score (nSPS) is 20.9. The Balaban J connectivity index is 1.93. The molecule has 0 aliphatic carbocycles. The highest BCUT2D eigenvalue weighted by Crippen LogP contribution is 2.24. The molecule has 0 N–H and O–H groups in total. The maximum Gasteiger partial charge on any atom is 0.0410 e. The summed E-state index contributed by atoms with van der Waals surface area (Å²) in [4.78, 5) is 6.78. The van der Waals surface area contributed by atoms with Crippen molar-refractivity contribution in [3.8, 4) is 0 Å². The summed E-state index contributed by atoms with van der Waals surface area (Å²) in [6.45, 7) is 2.22. The van der Waals surface area contributed by atoms with Gasteiger partial charge in [0, 0.05) is 35.3 Å². The zero-order valence-corrected chi connectivity index (χ0v) is 12.3. The number of pyridine rings is 1. The van der Waals surface area contributed by atoms with Gasteiger partial charge < -0.3 is 0 Å². The van der Waals surface area contributed by atoms with E-state index in [-0.39, 0.29) is 0 Å². The largest absolute Gasteiger partial charge is 0.296 e. The molecule has 1 fully saturated rings. The fourth-order valence-electron chi connectivity index (χ4n) is 2.52. The minimum atomic E-state index is 0.715. The van der Waals surface area contributed by atoms with E-state index >= 15 is 0 Å². The second-order valence-electron chi connectivity index (χ2n) is 4.61. The molecule has 0 amide bonds. The van der Waals surface area contributed by atoms with Gasteiger partial charge in [-0.3, -0.25) is 9.88 Å². The van der Waals surface area contributed by atoms with Crippen LogP contribution >= 0.6 is 27.5 Å². The third-order valence-electron chi connectivity index (χ3n) is 3.32. The smallest absolute Gasteiger partial charge is 0.0410 e. The summed E-state index contributed by atoms with van der Waals surface area (Å²) in [5, 5.41) is 0. The quantitative estimate of drug-likeness (QED) is 0.767. The van der Waals surface area contributed by atoms with E-state index in [1.165, 1.54) is 31.4 Å². The highest BCUT2D eigenvalue weighted by molar-refractivity contribution is 9.10. The van der Waals surface area contributed by atoms with Gasteiger partial charge in [-0.05, 0) is 59.8 Å². The second-order valence-corrected chi connectivity index (χ2v) is 5.90. The van der Waals surface area contributed by atoms with E-state index in [1.54, 1.807) is 0 Å². The minimum absolute atomic E-state index is 0.715. The molecule has 2 heterocycles. The molecule has 0 saturated carbocycles. The van der Waals surface area contributed by atoms with Crippen LogP contribution in [0, 0.1) is 0 Å². The highest BCUT2D eigenvalue weighted by atomic mass is 79.9. The molecular weight excluding hydrogens is 300 g/mol. The lowest BCUT2D eigenvalue weighted by Crippen LogP contribution is -2.28. The first-order chi connectivity index (χ1) is 8.29. The lowest BCUT2D eigenvalue weighted by Gasteiger charge is -2.24. The van der Waals surface area contributed by atoms with Crippen LogP contribution in [0.1, 0.15) is 31.2 Å². The van der Waals surface area contributed by atoms with Crippen molar-refractivity contribution in [1.82, 2.24) is 9.88 Å². The topological polar surface area (TPSA) is 16.1 Å². The number of halogens is 2. The summed E-state index contributed by atoms with van der Waals surface area (Å²) in [5.41, 5.74) is 1.29. The summed E-state index contributed by atoms with van der Waals surface area (Å²) in [7, 11) is 0. The fraction of sp³-hybridized carbons (Fsp3) is 0.615. The molecule has 1 aliphatic heterocycles. The SMILES string of the molecule is ClCCCC1CCCN1Cc1cncc(Br)c1. The van der Waals surface area contributed by atoms with E-state index in [0.717, 1.165) is 23.3 Å². The number of aromatic nitrogens is 1. The molecule has 2 nitrogen and oxygen atoms in total. The van der Waals surface area contributed by atoms with E-state index < -0.39 is 0 Å². The van der Waals surface area contributed by atoms with Gasteiger partial charge in [0.2, 0.25) is 0 Å². The molecule has 0 spiro atoms. The molecule has 1 aromatic rings. The van der Waals surface area contributed by atoms with Crippen LogP contribution in [0.15, 0.2) is 22.9 Å². The van der Waals surface area contributed by atoms with Gasteiger partial charge in [0.25, 0.3) is 0 Å². The number of hydrogen-bond donors (Lipinski definition) is 0. The molecule has 94 valence electrons. The summed E-state index contributed by atoms with van der Waals surface area (Å²) in [6, 6.07) is 2.87. The molecule has 1 saturated heterocycles. The van der Waals surface area contributed by atoms with Gasteiger partial charge in [-0.15, -0.1) is 11.6 Å². The Morgan fingerprint density at radius 1 is 1.47 bits per heavy atom. The van der Waals surface area contributed by atoms with Crippen LogP contribution in [0.3, 0.4) is 0 Å². The van der Waals surface area contributed by atoms with E-state index in [2.05, 4.69) is 31.9 Å². The van der Waals surface area contributed by atoms with Crippen LogP contribution in [0.4, 0.5) is 0 Å². The van der Waals surface area contributed by atoms with E-state index in [9.17, 15) is 0 Å². The molecule has 17 heavy (non-hydrogen) atoms. The molecule has 0 aromatic carbocycles. The average molecular weight is 318 g/mol. The van der Waals surface area contributed by atoms with Crippen LogP contribution in [0.2, 0.25) is 0 Å². The average Bonchev–Trinajstić information content (AvgIpc) is 2.74.